The minimum Gasteiger partial charge on any atom is -0.325 e. The minimum absolute atomic E-state index is 0.160. The molecule has 0 saturated heterocycles. The van der Waals surface area contributed by atoms with Crippen molar-refractivity contribution in [2.75, 3.05) is 0 Å². The highest BCUT2D eigenvalue weighted by molar-refractivity contribution is 9.10. The van der Waals surface area contributed by atoms with E-state index in [9.17, 15) is 0 Å². The summed E-state index contributed by atoms with van der Waals surface area (Å²) in [6.45, 7) is 4.23. The molecule has 0 amide bonds. The maximum absolute atomic E-state index is 6.20. The van der Waals surface area contributed by atoms with Gasteiger partial charge in [-0.1, -0.05) is 46.9 Å². The lowest BCUT2D eigenvalue weighted by Crippen LogP contribution is -2.38. The molecule has 0 aliphatic rings. The summed E-state index contributed by atoms with van der Waals surface area (Å²) in [6.07, 6.45) is 2.94. The van der Waals surface area contributed by atoms with Crippen LogP contribution in [0.1, 0.15) is 32.3 Å². The molecule has 0 radical (unpaired) electrons. The van der Waals surface area contributed by atoms with Gasteiger partial charge in [-0.05, 0) is 37.5 Å². The zero-order chi connectivity index (χ0) is 11.5. The maximum Gasteiger partial charge on any atom is 0.0449 e. The Bertz CT molecular complexity index is 336. The van der Waals surface area contributed by atoms with Crippen LogP contribution in [0.15, 0.2) is 22.7 Å². The highest BCUT2D eigenvalue weighted by Gasteiger charge is 2.19. The lowest BCUT2D eigenvalue weighted by molar-refractivity contribution is 0.425. The van der Waals surface area contributed by atoms with Crippen molar-refractivity contribution >= 4 is 27.5 Å². The first kappa shape index (κ1) is 13.0. The van der Waals surface area contributed by atoms with Gasteiger partial charge in [0.2, 0.25) is 0 Å². The molecule has 0 aromatic heterocycles. The van der Waals surface area contributed by atoms with Crippen molar-refractivity contribution < 1.29 is 0 Å². The molecule has 1 nitrogen and oxygen atoms in total. The fraction of sp³-hybridized carbons (Fsp3) is 0.500. The first-order chi connectivity index (χ1) is 6.94. The summed E-state index contributed by atoms with van der Waals surface area (Å²) >= 11 is 9.54. The second-order valence-electron chi connectivity index (χ2n) is 4.32. The number of rotatable bonds is 4. The first-order valence-electron chi connectivity index (χ1n) is 5.17. The van der Waals surface area contributed by atoms with Crippen LogP contribution in [0.3, 0.4) is 0 Å². The first-order valence-corrected chi connectivity index (χ1v) is 6.34. The molecular weight excluding hydrogens is 273 g/mol. The standard InChI is InChI=1S/C12H17BrClN/c1-3-6-12(2,15)8-9-4-5-10(13)7-11(9)14/h4-5,7H,3,6,8,15H2,1-2H3. The molecule has 0 heterocycles. The Morgan fingerprint density at radius 2 is 2.13 bits per heavy atom. The van der Waals surface area contributed by atoms with Gasteiger partial charge in [-0.15, -0.1) is 0 Å². The third kappa shape index (κ3) is 4.13. The highest BCUT2D eigenvalue weighted by atomic mass is 79.9. The molecule has 2 N–H and O–H groups in total. The third-order valence-corrected chi connectivity index (χ3v) is 3.28. The average Bonchev–Trinajstić information content (AvgIpc) is 2.09. The number of benzene rings is 1. The van der Waals surface area contributed by atoms with E-state index in [1.807, 2.05) is 18.2 Å². The van der Waals surface area contributed by atoms with Crippen LogP contribution < -0.4 is 5.73 Å². The summed E-state index contributed by atoms with van der Waals surface area (Å²) < 4.78 is 1.01. The highest BCUT2D eigenvalue weighted by Crippen LogP contribution is 2.25. The predicted molar refractivity (Wildman–Crippen MR) is 70.4 cm³/mol. The second-order valence-corrected chi connectivity index (χ2v) is 5.64. The molecule has 0 bridgehead atoms. The Morgan fingerprint density at radius 3 is 2.67 bits per heavy atom. The van der Waals surface area contributed by atoms with Gasteiger partial charge in [-0.2, -0.15) is 0 Å². The normalized spacial score (nSPS) is 15.0. The van der Waals surface area contributed by atoms with Crippen LogP contribution in [0.25, 0.3) is 0 Å². The van der Waals surface area contributed by atoms with Gasteiger partial charge >= 0.3 is 0 Å². The number of halogens is 2. The molecule has 0 aliphatic carbocycles. The van der Waals surface area contributed by atoms with E-state index in [0.717, 1.165) is 34.3 Å². The lowest BCUT2D eigenvalue weighted by Gasteiger charge is -2.24. The van der Waals surface area contributed by atoms with E-state index in [4.69, 9.17) is 17.3 Å². The average molecular weight is 291 g/mol. The largest absolute Gasteiger partial charge is 0.325 e. The molecule has 0 fully saturated rings. The quantitative estimate of drug-likeness (QED) is 0.885. The molecule has 84 valence electrons. The molecule has 1 rings (SSSR count). The topological polar surface area (TPSA) is 26.0 Å². The molecule has 1 unspecified atom stereocenters. The SMILES string of the molecule is CCCC(C)(N)Cc1ccc(Br)cc1Cl. The van der Waals surface area contributed by atoms with Crippen LogP contribution in [0.5, 0.6) is 0 Å². The van der Waals surface area contributed by atoms with Gasteiger partial charge in [-0.3, -0.25) is 0 Å². The summed E-state index contributed by atoms with van der Waals surface area (Å²) in [6, 6.07) is 5.95. The fourth-order valence-electron chi connectivity index (χ4n) is 1.76. The Labute approximate surface area is 105 Å². The van der Waals surface area contributed by atoms with E-state index >= 15 is 0 Å². The van der Waals surface area contributed by atoms with Gasteiger partial charge in [0.15, 0.2) is 0 Å². The summed E-state index contributed by atoms with van der Waals surface area (Å²) in [5.41, 5.74) is 7.16. The van der Waals surface area contributed by atoms with Gasteiger partial charge < -0.3 is 5.73 Å². The van der Waals surface area contributed by atoms with Gasteiger partial charge in [0.05, 0.1) is 0 Å². The molecule has 0 saturated carbocycles. The van der Waals surface area contributed by atoms with Crippen molar-refractivity contribution in [3.63, 3.8) is 0 Å². The van der Waals surface area contributed by atoms with Crippen molar-refractivity contribution in [3.05, 3.63) is 33.3 Å². The number of hydrogen-bond donors (Lipinski definition) is 1. The van der Waals surface area contributed by atoms with E-state index in [1.54, 1.807) is 0 Å². The van der Waals surface area contributed by atoms with Crippen LogP contribution in [0.2, 0.25) is 5.02 Å². The molecule has 1 aromatic rings. The maximum atomic E-state index is 6.20. The van der Waals surface area contributed by atoms with E-state index in [-0.39, 0.29) is 5.54 Å². The summed E-state index contributed by atoms with van der Waals surface area (Å²) in [5, 5.41) is 0.789. The molecule has 15 heavy (non-hydrogen) atoms. The molecule has 1 atom stereocenters. The monoisotopic (exact) mass is 289 g/mol. The van der Waals surface area contributed by atoms with Crippen molar-refractivity contribution in [3.8, 4) is 0 Å². The smallest absolute Gasteiger partial charge is 0.0449 e. The minimum atomic E-state index is -0.160. The van der Waals surface area contributed by atoms with Gasteiger partial charge in [-0.25, -0.2) is 0 Å². The zero-order valence-electron chi connectivity index (χ0n) is 9.19. The van der Waals surface area contributed by atoms with Crippen molar-refractivity contribution in [1.29, 1.82) is 0 Å². The summed E-state index contributed by atoms with van der Waals surface area (Å²) in [7, 11) is 0. The van der Waals surface area contributed by atoms with E-state index < -0.39 is 0 Å². The van der Waals surface area contributed by atoms with E-state index in [1.165, 1.54) is 0 Å². The Kier molecular flexibility index (Phi) is 4.63. The predicted octanol–water partition coefficient (Wildman–Crippen LogP) is 4.16. The van der Waals surface area contributed by atoms with Crippen LogP contribution in [-0.2, 0) is 6.42 Å². The molecule has 1 aromatic carbocycles. The van der Waals surface area contributed by atoms with Gasteiger partial charge in [0.25, 0.3) is 0 Å². The van der Waals surface area contributed by atoms with Crippen LogP contribution >= 0.6 is 27.5 Å². The second kappa shape index (κ2) is 5.33. The lowest BCUT2D eigenvalue weighted by atomic mass is 9.90. The zero-order valence-corrected chi connectivity index (χ0v) is 11.5. The van der Waals surface area contributed by atoms with Crippen molar-refractivity contribution in [2.24, 2.45) is 5.73 Å². The van der Waals surface area contributed by atoms with Gasteiger partial charge in [0, 0.05) is 15.0 Å². The van der Waals surface area contributed by atoms with Crippen molar-refractivity contribution in [2.45, 2.75) is 38.6 Å². The summed E-state index contributed by atoms with van der Waals surface area (Å²) in [4.78, 5) is 0. The van der Waals surface area contributed by atoms with Gasteiger partial charge in [0.1, 0.15) is 0 Å². The van der Waals surface area contributed by atoms with E-state index in [0.29, 0.717) is 0 Å². The Balaban J connectivity index is 2.80. The van der Waals surface area contributed by atoms with Crippen LogP contribution in [0, 0.1) is 0 Å². The molecule has 0 aliphatic heterocycles. The van der Waals surface area contributed by atoms with Crippen LogP contribution in [-0.4, -0.2) is 5.54 Å². The third-order valence-electron chi connectivity index (χ3n) is 2.43. The number of hydrogen-bond acceptors (Lipinski definition) is 1. The van der Waals surface area contributed by atoms with Crippen LogP contribution in [0.4, 0.5) is 0 Å². The van der Waals surface area contributed by atoms with Crippen molar-refractivity contribution in [1.82, 2.24) is 0 Å². The number of nitrogens with two attached hydrogens (primary N) is 1. The fourth-order valence-corrected chi connectivity index (χ4v) is 2.50. The molecule has 0 spiro atoms. The van der Waals surface area contributed by atoms with E-state index in [2.05, 4.69) is 29.8 Å². The molecule has 3 heteroatoms. The Hall–Kier alpha value is -0.0500. The summed E-state index contributed by atoms with van der Waals surface area (Å²) in [5.74, 6) is 0. The molecular formula is C12H17BrClN. The Morgan fingerprint density at radius 1 is 1.47 bits per heavy atom.